The van der Waals surface area contributed by atoms with Gasteiger partial charge in [0.1, 0.15) is 5.52 Å². The Kier molecular flexibility index (Phi) is 6.51. The summed E-state index contributed by atoms with van der Waals surface area (Å²) in [7, 11) is 0. The van der Waals surface area contributed by atoms with Gasteiger partial charge in [-0.2, -0.15) is 0 Å². The molecule has 52 heavy (non-hydrogen) atoms. The second kappa shape index (κ2) is 11.6. The molecule has 0 atom stereocenters. The summed E-state index contributed by atoms with van der Waals surface area (Å²) in [6.07, 6.45) is 4.07. The van der Waals surface area contributed by atoms with Gasteiger partial charge in [0.25, 0.3) is 0 Å². The third kappa shape index (κ3) is 4.56. The van der Waals surface area contributed by atoms with Crippen LogP contribution in [0.4, 0.5) is 11.4 Å². The van der Waals surface area contributed by atoms with Gasteiger partial charge in [-0.25, -0.2) is 4.98 Å². The van der Waals surface area contributed by atoms with Crippen molar-refractivity contribution in [2.24, 2.45) is 0 Å². The van der Waals surface area contributed by atoms with Crippen LogP contribution in [0.1, 0.15) is 17.5 Å². The highest BCUT2D eigenvalue weighted by Gasteiger charge is 2.24. The summed E-state index contributed by atoms with van der Waals surface area (Å²) in [5.74, 6) is 0.666. The highest BCUT2D eigenvalue weighted by molar-refractivity contribution is 7.25. The number of thiophene rings is 1. The van der Waals surface area contributed by atoms with E-state index >= 15 is 0 Å². The molecule has 0 N–H and O–H groups in total. The van der Waals surface area contributed by atoms with Gasteiger partial charge >= 0.3 is 0 Å². The maximum absolute atomic E-state index is 6.47. The van der Waals surface area contributed by atoms with Gasteiger partial charge in [-0.15, -0.1) is 11.3 Å². The first-order chi connectivity index (χ1) is 25.8. The Hall–Kier alpha value is -6.43. The number of aromatic nitrogens is 2. The molecule has 0 saturated heterocycles. The Labute approximate surface area is 304 Å². The van der Waals surface area contributed by atoms with Gasteiger partial charge < -0.3 is 13.9 Å². The normalized spacial score (nSPS) is 13.0. The lowest BCUT2D eigenvalue weighted by atomic mass is 9.93. The molecular formula is C47H31N3OS. The minimum Gasteiger partial charge on any atom is -0.436 e. The van der Waals surface area contributed by atoms with Crippen LogP contribution in [0.15, 0.2) is 168 Å². The number of hydrogen-bond donors (Lipinski definition) is 0. The highest BCUT2D eigenvalue weighted by Crippen LogP contribution is 2.43. The van der Waals surface area contributed by atoms with Crippen molar-refractivity contribution >= 4 is 81.9 Å². The largest absolute Gasteiger partial charge is 0.436 e. The number of para-hydroxylation sites is 2. The standard InChI is InChI=1S/C47H31N3OS/c1-3-11-30(12-4-1)47-48-41-25-19-31-27-33(20-23-36(31)46(41)51-47)49(34-22-26-45-40(28-34)39-16-8-10-18-44(39)52-45)35-21-24-38-37-15-7-9-17-42(37)50(43(38)29-35)32-13-5-2-6-14-32/h1-19,21-22,24-29H,20,23H2. The van der Waals surface area contributed by atoms with Crippen molar-refractivity contribution in [3.05, 3.63) is 175 Å². The van der Waals surface area contributed by atoms with Crippen LogP contribution >= 0.6 is 11.3 Å². The van der Waals surface area contributed by atoms with Crippen LogP contribution in [-0.2, 0) is 6.42 Å². The van der Waals surface area contributed by atoms with E-state index in [1.807, 2.05) is 29.5 Å². The SMILES string of the molecule is C1=C(N(c2ccc3sc4ccccc4c3c2)c2ccc3c4ccccc4n(-c4ccccc4)c3c2)CCc2c1ccc1nc(-c3ccccc3)oc21. The van der Waals surface area contributed by atoms with Crippen LogP contribution in [-0.4, -0.2) is 9.55 Å². The minimum atomic E-state index is 0.666. The van der Waals surface area contributed by atoms with Crippen molar-refractivity contribution < 1.29 is 4.42 Å². The number of aryl methyl sites for hydroxylation is 1. The predicted molar refractivity (Wildman–Crippen MR) is 218 cm³/mol. The Balaban J connectivity index is 1.12. The Morgan fingerprint density at radius 2 is 1.29 bits per heavy atom. The fourth-order valence-electron chi connectivity index (χ4n) is 8.13. The molecule has 1 aliphatic carbocycles. The molecule has 0 bridgehead atoms. The third-order valence-corrected chi connectivity index (χ3v) is 11.7. The topological polar surface area (TPSA) is 34.2 Å². The van der Waals surface area contributed by atoms with E-state index in [1.54, 1.807) is 0 Å². The lowest BCUT2D eigenvalue weighted by molar-refractivity contribution is 0.614. The van der Waals surface area contributed by atoms with Crippen molar-refractivity contribution in [2.45, 2.75) is 12.8 Å². The molecule has 0 aliphatic heterocycles. The molecule has 3 aromatic heterocycles. The van der Waals surface area contributed by atoms with Gasteiger partial charge in [0.2, 0.25) is 5.89 Å². The van der Waals surface area contributed by atoms with Crippen molar-refractivity contribution in [3.63, 3.8) is 0 Å². The second-order valence-corrected chi connectivity index (χ2v) is 14.6. The van der Waals surface area contributed by atoms with Crippen molar-refractivity contribution in [2.75, 3.05) is 4.90 Å². The summed E-state index contributed by atoms with van der Waals surface area (Å²) < 4.78 is 11.5. The van der Waals surface area contributed by atoms with E-state index in [-0.39, 0.29) is 0 Å². The summed E-state index contributed by atoms with van der Waals surface area (Å²) in [5, 5.41) is 5.08. The monoisotopic (exact) mass is 685 g/mol. The van der Waals surface area contributed by atoms with E-state index in [2.05, 4.69) is 155 Å². The summed E-state index contributed by atoms with van der Waals surface area (Å²) in [6, 6.07) is 56.6. The number of allylic oxidation sites excluding steroid dienone is 1. The van der Waals surface area contributed by atoms with E-state index in [9.17, 15) is 0 Å². The summed E-state index contributed by atoms with van der Waals surface area (Å²) in [5.41, 5.74) is 12.2. The van der Waals surface area contributed by atoms with Gasteiger partial charge in [-0.05, 0) is 97.3 Å². The molecule has 0 unspecified atom stereocenters. The molecule has 7 aromatic carbocycles. The van der Waals surface area contributed by atoms with E-state index in [1.165, 1.54) is 58.8 Å². The highest BCUT2D eigenvalue weighted by atomic mass is 32.1. The van der Waals surface area contributed by atoms with Crippen LogP contribution in [0.5, 0.6) is 0 Å². The lowest BCUT2D eigenvalue weighted by Gasteiger charge is -2.31. The average Bonchev–Trinajstić information content (AvgIpc) is 3.91. The van der Waals surface area contributed by atoms with E-state index < -0.39 is 0 Å². The Morgan fingerprint density at radius 1 is 0.577 bits per heavy atom. The molecule has 0 fully saturated rings. The maximum atomic E-state index is 6.47. The average molecular weight is 686 g/mol. The zero-order valence-corrected chi connectivity index (χ0v) is 29.0. The quantitative estimate of drug-likeness (QED) is 0.181. The molecule has 246 valence electrons. The van der Waals surface area contributed by atoms with E-state index in [0.717, 1.165) is 46.6 Å². The van der Waals surface area contributed by atoms with E-state index in [0.29, 0.717) is 5.89 Å². The molecule has 4 nitrogen and oxygen atoms in total. The fourth-order valence-corrected chi connectivity index (χ4v) is 9.21. The number of anilines is 2. The Bertz CT molecular complexity index is 3020. The molecule has 11 rings (SSSR count). The Morgan fingerprint density at radius 3 is 2.17 bits per heavy atom. The molecule has 1 aliphatic rings. The smallest absolute Gasteiger partial charge is 0.227 e. The van der Waals surface area contributed by atoms with Gasteiger partial charge in [-0.3, -0.25) is 0 Å². The summed E-state index contributed by atoms with van der Waals surface area (Å²) >= 11 is 1.86. The molecule has 0 saturated carbocycles. The van der Waals surface area contributed by atoms with Gasteiger partial charge in [-0.1, -0.05) is 84.9 Å². The zero-order valence-electron chi connectivity index (χ0n) is 28.2. The number of oxazole rings is 1. The van der Waals surface area contributed by atoms with Crippen LogP contribution < -0.4 is 4.90 Å². The predicted octanol–water partition coefficient (Wildman–Crippen LogP) is 13.1. The van der Waals surface area contributed by atoms with Crippen LogP contribution in [0.25, 0.3) is 76.3 Å². The molecular weight excluding hydrogens is 655 g/mol. The second-order valence-electron chi connectivity index (χ2n) is 13.5. The molecule has 0 amide bonds. The number of rotatable bonds is 5. The van der Waals surface area contributed by atoms with Crippen molar-refractivity contribution in [1.82, 2.24) is 9.55 Å². The number of fused-ring (bicyclic) bond motifs is 9. The maximum Gasteiger partial charge on any atom is 0.227 e. The van der Waals surface area contributed by atoms with E-state index in [4.69, 9.17) is 9.40 Å². The van der Waals surface area contributed by atoms with Crippen LogP contribution in [0.3, 0.4) is 0 Å². The number of benzene rings is 7. The zero-order chi connectivity index (χ0) is 34.2. The molecule has 5 heteroatoms. The first-order valence-electron chi connectivity index (χ1n) is 17.8. The number of nitrogens with zero attached hydrogens (tertiary/aromatic N) is 3. The summed E-state index contributed by atoms with van der Waals surface area (Å²) in [6.45, 7) is 0. The summed E-state index contributed by atoms with van der Waals surface area (Å²) in [4.78, 5) is 7.34. The van der Waals surface area contributed by atoms with Crippen molar-refractivity contribution in [1.29, 1.82) is 0 Å². The van der Waals surface area contributed by atoms with Crippen molar-refractivity contribution in [3.8, 4) is 17.1 Å². The molecule has 0 radical (unpaired) electrons. The minimum absolute atomic E-state index is 0.666. The molecule has 10 aromatic rings. The third-order valence-electron chi connectivity index (χ3n) is 10.5. The van der Waals surface area contributed by atoms with Gasteiger partial charge in [0.15, 0.2) is 5.58 Å². The fraction of sp³-hybridized carbons (Fsp3) is 0.0426. The lowest BCUT2D eigenvalue weighted by Crippen LogP contribution is -2.19. The molecule has 0 spiro atoms. The first kappa shape index (κ1) is 29.3. The first-order valence-corrected chi connectivity index (χ1v) is 18.6. The number of hydrogen-bond acceptors (Lipinski definition) is 4. The van der Waals surface area contributed by atoms with Gasteiger partial charge in [0, 0.05) is 64.8 Å². The van der Waals surface area contributed by atoms with Gasteiger partial charge in [0.05, 0.1) is 11.0 Å². The van der Waals surface area contributed by atoms with Crippen LogP contribution in [0, 0.1) is 0 Å². The molecule has 3 heterocycles. The van der Waals surface area contributed by atoms with Crippen LogP contribution in [0.2, 0.25) is 0 Å².